The summed E-state index contributed by atoms with van der Waals surface area (Å²) in [6.45, 7) is 2.08. The molecule has 1 saturated heterocycles. The number of hydrogen-bond donors (Lipinski definition) is 1. The molecule has 88 valence electrons. The molecule has 2 rings (SSSR count). The Morgan fingerprint density at radius 2 is 1.94 bits per heavy atom. The lowest BCUT2D eigenvalue weighted by Gasteiger charge is -2.22. The predicted octanol–water partition coefficient (Wildman–Crippen LogP) is 2.95. The first-order valence-electron chi connectivity index (χ1n) is 5.49. The molecule has 0 bridgehead atoms. The Labute approximate surface area is 106 Å². The van der Waals surface area contributed by atoms with Crippen LogP contribution in [0.4, 0.5) is 0 Å². The van der Waals surface area contributed by atoms with Crippen molar-refractivity contribution in [2.75, 3.05) is 13.2 Å². The summed E-state index contributed by atoms with van der Waals surface area (Å²) in [4.78, 5) is 2.28. The van der Waals surface area contributed by atoms with Gasteiger partial charge in [-0.25, -0.2) is 0 Å². The molecule has 0 amide bonds. The summed E-state index contributed by atoms with van der Waals surface area (Å²) >= 11 is 11.9. The SMILES string of the molecule is OC[C@H]1CCCN1Cc1cc(Cl)cc(Cl)c1. The van der Waals surface area contributed by atoms with Gasteiger partial charge in [0.2, 0.25) is 0 Å². The molecule has 1 aliphatic heterocycles. The van der Waals surface area contributed by atoms with Gasteiger partial charge in [0.05, 0.1) is 6.61 Å². The van der Waals surface area contributed by atoms with Gasteiger partial charge < -0.3 is 5.11 Å². The van der Waals surface area contributed by atoms with Crippen LogP contribution in [0.25, 0.3) is 0 Å². The molecule has 0 saturated carbocycles. The summed E-state index contributed by atoms with van der Waals surface area (Å²) in [7, 11) is 0. The van der Waals surface area contributed by atoms with Crippen LogP contribution in [0.1, 0.15) is 18.4 Å². The summed E-state index contributed by atoms with van der Waals surface area (Å²) in [5.41, 5.74) is 1.11. The molecule has 1 aromatic rings. The van der Waals surface area contributed by atoms with E-state index in [1.165, 1.54) is 0 Å². The highest BCUT2D eigenvalue weighted by Gasteiger charge is 2.23. The molecule has 16 heavy (non-hydrogen) atoms. The lowest BCUT2D eigenvalue weighted by Crippen LogP contribution is -2.31. The summed E-state index contributed by atoms with van der Waals surface area (Å²) in [6, 6.07) is 5.89. The second-order valence-corrected chi connectivity index (χ2v) is 5.10. The molecular weight excluding hydrogens is 245 g/mol. The first-order valence-corrected chi connectivity index (χ1v) is 6.24. The highest BCUT2D eigenvalue weighted by atomic mass is 35.5. The van der Waals surface area contributed by atoms with E-state index in [4.69, 9.17) is 23.2 Å². The maximum atomic E-state index is 9.23. The quantitative estimate of drug-likeness (QED) is 0.903. The van der Waals surface area contributed by atoms with Crippen LogP contribution in [0.5, 0.6) is 0 Å². The standard InChI is InChI=1S/C12H15Cl2NO/c13-10-4-9(5-11(14)6-10)7-15-3-1-2-12(15)8-16/h4-6,12,16H,1-3,7-8H2/t12-/m1/s1. The Morgan fingerprint density at radius 1 is 1.25 bits per heavy atom. The Morgan fingerprint density at radius 3 is 2.56 bits per heavy atom. The number of halogens is 2. The summed E-state index contributed by atoms with van der Waals surface area (Å²) in [5, 5.41) is 10.6. The number of aliphatic hydroxyl groups is 1. The average molecular weight is 260 g/mol. The van der Waals surface area contributed by atoms with Crippen molar-refractivity contribution < 1.29 is 5.11 Å². The summed E-state index contributed by atoms with van der Waals surface area (Å²) < 4.78 is 0. The van der Waals surface area contributed by atoms with Crippen molar-refractivity contribution in [2.45, 2.75) is 25.4 Å². The van der Waals surface area contributed by atoms with Gasteiger partial charge in [-0.2, -0.15) is 0 Å². The van der Waals surface area contributed by atoms with E-state index in [1.807, 2.05) is 12.1 Å². The maximum absolute atomic E-state index is 9.23. The van der Waals surface area contributed by atoms with E-state index in [0.29, 0.717) is 10.0 Å². The van der Waals surface area contributed by atoms with Gasteiger partial charge in [0, 0.05) is 22.6 Å². The zero-order chi connectivity index (χ0) is 11.5. The van der Waals surface area contributed by atoms with Crippen molar-refractivity contribution in [2.24, 2.45) is 0 Å². The van der Waals surface area contributed by atoms with Crippen molar-refractivity contribution in [3.63, 3.8) is 0 Å². The van der Waals surface area contributed by atoms with Crippen molar-refractivity contribution in [3.05, 3.63) is 33.8 Å². The molecule has 1 N–H and O–H groups in total. The van der Waals surface area contributed by atoms with Gasteiger partial charge in [0.15, 0.2) is 0 Å². The highest BCUT2D eigenvalue weighted by Crippen LogP contribution is 2.23. The van der Waals surface area contributed by atoms with E-state index in [0.717, 1.165) is 31.5 Å². The molecule has 0 aromatic heterocycles. The second-order valence-electron chi connectivity index (χ2n) is 4.23. The number of hydrogen-bond acceptors (Lipinski definition) is 2. The van der Waals surface area contributed by atoms with E-state index >= 15 is 0 Å². The van der Waals surface area contributed by atoms with Gasteiger partial charge in [-0.15, -0.1) is 0 Å². The lowest BCUT2D eigenvalue weighted by atomic mass is 10.2. The number of likely N-dealkylation sites (tertiary alicyclic amines) is 1. The van der Waals surface area contributed by atoms with Crippen LogP contribution in [0.15, 0.2) is 18.2 Å². The van der Waals surface area contributed by atoms with Crippen LogP contribution in [-0.2, 0) is 6.54 Å². The molecular formula is C12H15Cl2NO. The van der Waals surface area contributed by atoms with Gasteiger partial charge in [-0.05, 0) is 43.1 Å². The lowest BCUT2D eigenvalue weighted by molar-refractivity contribution is 0.153. The largest absolute Gasteiger partial charge is 0.395 e. The molecule has 4 heteroatoms. The van der Waals surface area contributed by atoms with Gasteiger partial charge in [0.1, 0.15) is 0 Å². The molecule has 1 heterocycles. The van der Waals surface area contributed by atoms with Gasteiger partial charge in [-0.1, -0.05) is 23.2 Å². The first-order chi connectivity index (χ1) is 7.69. The monoisotopic (exact) mass is 259 g/mol. The minimum atomic E-state index is 0.230. The fourth-order valence-corrected chi connectivity index (χ4v) is 2.82. The van der Waals surface area contributed by atoms with Crippen molar-refractivity contribution >= 4 is 23.2 Å². The molecule has 1 atom stereocenters. The third-order valence-corrected chi connectivity index (χ3v) is 3.45. The van der Waals surface area contributed by atoms with Gasteiger partial charge in [-0.3, -0.25) is 4.90 Å². The number of aliphatic hydroxyl groups excluding tert-OH is 1. The van der Waals surface area contributed by atoms with E-state index in [-0.39, 0.29) is 12.6 Å². The minimum Gasteiger partial charge on any atom is -0.395 e. The van der Waals surface area contributed by atoms with Crippen LogP contribution < -0.4 is 0 Å². The van der Waals surface area contributed by atoms with E-state index in [2.05, 4.69) is 4.90 Å². The van der Waals surface area contributed by atoms with Crippen molar-refractivity contribution in [3.8, 4) is 0 Å². The predicted molar refractivity (Wildman–Crippen MR) is 67.0 cm³/mol. The molecule has 1 fully saturated rings. The first kappa shape index (κ1) is 12.2. The van der Waals surface area contributed by atoms with Crippen LogP contribution in [0.2, 0.25) is 10.0 Å². The number of nitrogens with zero attached hydrogens (tertiary/aromatic N) is 1. The molecule has 1 aromatic carbocycles. The molecule has 0 aliphatic carbocycles. The average Bonchev–Trinajstić information content (AvgIpc) is 2.63. The van der Waals surface area contributed by atoms with Gasteiger partial charge in [0.25, 0.3) is 0 Å². The molecule has 0 spiro atoms. The Hall–Kier alpha value is -0.280. The Kier molecular flexibility index (Phi) is 4.09. The van der Waals surface area contributed by atoms with Gasteiger partial charge >= 0.3 is 0 Å². The molecule has 1 aliphatic rings. The molecule has 0 unspecified atom stereocenters. The van der Waals surface area contributed by atoms with E-state index in [9.17, 15) is 5.11 Å². The van der Waals surface area contributed by atoms with Crippen LogP contribution >= 0.6 is 23.2 Å². The van der Waals surface area contributed by atoms with Crippen molar-refractivity contribution in [1.29, 1.82) is 0 Å². The van der Waals surface area contributed by atoms with Crippen molar-refractivity contribution in [1.82, 2.24) is 4.90 Å². The third kappa shape index (κ3) is 2.89. The fraction of sp³-hybridized carbons (Fsp3) is 0.500. The number of benzene rings is 1. The smallest absolute Gasteiger partial charge is 0.0587 e. The zero-order valence-electron chi connectivity index (χ0n) is 9.00. The molecule has 0 radical (unpaired) electrons. The van der Waals surface area contributed by atoms with E-state index in [1.54, 1.807) is 6.07 Å². The minimum absolute atomic E-state index is 0.230. The fourth-order valence-electron chi connectivity index (χ4n) is 2.25. The molecule has 2 nitrogen and oxygen atoms in total. The van der Waals surface area contributed by atoms with Crippen LogP contribution in [0.3, 0.4) is 0 Å². The zero-order valence-corrected chi connectivity index (χ0v) is 10.5. The topological polar surface area (TPSA) is 23.5 Å². The van der Waals surface area contributed by atoms with E-state index < -0.39 is 0 Å². The normalized spacial score (nSPS) is 21.6. The summed E-state index contributed by atoms with van der Waals surface area (Å²) in [5.74, 6) is 0. The third-order valence-electron chi connectivity index (χ3n) is 3.02. The van der Waals surface area contributed by atoms with Crippen LogP contribution in [-0.4, -0.2) is 29.2 Å². The second kappa shape index (κ2) is 5.37. The maximum Gasteiger partial charge on any atom is 0.0587 e. The number of rotatable bonds is 3. The van der Waals surface area contributed by atoms with Crippen LogP contribution in [0, 0.1) is 0 Å². The highest BCUT2D eigenvalue weighted by molar-refractivity contribution is 6.34. The Bertz CT molecular complexity index is 350. The summed E-state index contributed by atoms with van der Waals surface area (Å²) in [6.07, 6.45) is 2.23. The Balaban J connectivity index is 2.08.